The number of nitro benzene ring substituents is 1. The molecule has 2 atom stereocenters. The van der Waals surface area contributed by atoms with Crippen LogP contribution >= 0.6 is 0 Å². The number of rotatable bonds is 3. The van der Waals surface area contributed by atoms with Crippen molar-refractivity contribution < 1.29 is 27.2 Å². The molecule has 2 rings (SSSR count). The molecule has 1 saturated heterocycles. The van der Waals surface area contributed by atoms with E-state index < -0.39 is 40.4 Å². The lowest BCUT2D eigenvalue weighted by atomic mass is 10.1. The topological polar surface area (TPSA) is 64.4 Å². The minimum absolute atomic E-state index is 0.000993. The Morgan fingerprint density at radius 2 is 2.10 bits per heavy atom. The highest BCUT2D eigenvalue weighted by Crippen LogP contribution is 2.39. The predicted molar refractivity (Wildman–Crippen MR) is 64.9 cm³/mol. The highest BCUT2D eigenvalue weighted by Gasteiger charge is 2.37. The van der Waals surface area contributed by atoms with Gasteiger partial charge in [-0.05, 0) is 19.0 Å². The Kier molecular flexibility index (Phi) is 4.31. The minimum atomic E-state index is -4.82. The number of non-ortho nitro benzene ring substituents is 1. The molecule has 5 nitrogen and oxygen atoms in total. The fraction of sp³-hybridized carbons (Fsp3) is 0.500. The van der Waals surface area contributed by atoms with E-state index in [4.69, 9.17) is 4.74 Å². The lowest BCUT2D eigenvalue weighted by molar-refractivity contribution is -0.385. The molecule has 0 bridgehead atoms. The van der Waals surface area contributed by atoms with Crippen molar-refractivity contribution in [1.82, 2.24) is 5.32 Å². The van der Waals surface area contributed by atoms with E-state index in [2.05, 4.69) is 5.32 Å². The summed E-state index contributed by atoms with van der Waals surface area (Å²) in [5, 5.41) is 13.3. The Morgan fingerprint density at radius 1 is 1.38 bits per heavy atom. The molecule has 1 aliphatic rings. The Balaban J connectivity index is 2.31. The van der Waals surface area contributed by atoms with Crippen LogP contribution in [-0.4, -0.2) is 30.3 Å². The highest BCUT2D eigenvalue weighted by atomic mass is 19.4. The maximum absolute atomic E-state index is 13.6. The van der Waals surface area contributed by atoms with Crippen molar-refractivity contribution in [3.8, 4) is 5.75 Å². The number of hydrogen-bond acceptors (Lipinski definition) is 4. The third-order valence-corrected chi connectivity index (χ3v) is 3.11. The maximum atomic E-state index is 13.6. The molecule has 0 aliphatic carbocycles. The summed E-state index contributed by atoms with van der Waals surface area (Å²) in [4.78, 5) is 9.63. The van der Waals surface area contributed by atoms with Crippen molar-refractivity contribution in [3.05, 3.63) is 33.9 Å². The van der Waals surface area contributed by atoms with Crippen LogP contribution in [0.25, 0.3) is 0 Å². The summed E-state index contributed by atoms with van der Waals surface area (Å²) in [6.07, 6.45) is -7.04. The minimum Gasteiger partial charge on any atom is -0.487 e. The molecular formula is C12H12F4N2O3. The van der Waals surface area contributed by atoms with Crippen molar-refractivity contribution in [1.29, 1.82) is 0 Å². The van der Waals surface area contributed by atoms with Crippen LogP contribution in [-0.2, 0) is 6.18 Å². The van der Waals surface area contributed by atoms with Gasteiger partial charge in [0.1, 0.15) is 23.6 Å². The van der Waals surface area contributed by atoms with Crippen LogP contribution < -0.4 is 10.1 Å². The van der Waals surface area contributed by atoms with Crippen LogP contribution in [0.5, 0.6) is 5.75 Å². The average Bonchev–Trinajstić information content (AvgIpc) is 2.40. The van der Waals surface area contributed by atoms with Gasteiger partial charge in [-0.25, -0.2) is 4.39 Å². The molecule has 1 aliphatic heterocycles. The number of halogens is 4. The van der Waals surface area contributed by atoms with Gasteiger partial charge in [0.2, 0.25) is 0 Å². The second kappa shape index (κ2) is 5.84. The molecule has 116 valence electrons. The summed E-state index contributed by atoms with van der Waals surface area (Å²) in [6, 6.07) is 2.15. The Morgan fingerprint density at radius 3 is 2.67 bits per heavy atom. The van der Waals surface area contributed by atoms with Gasteiger partial charge >= 0.3 is 6.18 Å². The van der Waals surface area contributed by atoms with Crippen molar-refractivity contribution in [2.45, 2.75) is 24.9 Å². The number of piperidine rings is 1. The van der Waals surface area contributed by atoms with E-state index in [1.165, 1.54) is 0 Å². The first-order valence-electron chi connectivity index (χ1n) is 6.16. The summed E-state index contributed by atoms with van der Waals surface area (Å²) in [7, 11) is 0. The predicted octanol–water partition coefficient (Wildman–Crippen LogP) is 2.69. The third kappa shape index (κ3) is 3.60. The van der Waals surface area contributed by atoms with Gasteiger partial charge < -0.3 is 10.1 Å². The monoisotopic (exact) mass is 308 g/mol. The number of hydrogen-bond donors (Lipinski definition) is 1. The van der Waals surface area contributed by atoms with Gasteiger partial charge in [0, 0.05) is 18.7 Å². The van der Waals surface area contributed by atoms with Crippen LogP contribution in [0.1, 0.15) is 12.0 Å². The number of benzene rings is 1. The van der Waals surface area contributed by atoms with Crippen LogP contribution in [0.15, 0.2) is 18.2 Å². The molecule has 0 amide bonds. The Hall–Kier alpha value is -1.90. The number of nitro groups is 1. The molecule has 0 spiro atoms. The summed E-state index contributed by atoms with van der Waals surface area (Å²) in [5.74, 6) is -0.595. The fourth-order valence-corrected chi connectivity index (χ4v) is 2.05. The smallest absolute Gasteiger partial charge is 0.420 e. The molecule has 1 heterocycles. The molecule has 9 heteroatoms. The van der Waals surface area contributed by atoms with E-state index in [1.807, 2.05) is 0 Å². The highest BCUT2D eigenvalue weighted by molar-refractivity contribution is 5.45. The lowest BCUT2D eigenvalue weighted by Crippen LogP contribution is -2.44. The second-order valence-corrected chi connectivity index (χ2v) is 4.60. The van der Waals surface area contributed by atoms with Crippen LogP contribution in [0.2, 0.25) is 0 Å². The largest absolute Gasteiger partial charge is 0.487 e. The lowest BCUT2D eigenvalue weighted by Gasteiger charge is -2.28. The Labute approximate surface area is 117 Å². The van der Waals surface area contributed by atoms with Gasteiger partial charge in [-0.2, -0.15) is 13.2 Å². The van der Waals surface area contributed by atoms with E-state index in [0.29, 0.717) is 12.6 Å². The van der Waals surface area contributed by atoms with E-state index in [0.717, 1.165) is 12.1 Å². The van der Waals surface area contributed by atoms with Gasteiger partial charge in [-0.3, -0.25) is 10.1 Å². The summed E-state index contributed by atoms with van der Waals surface area (Å²) >= 11 is 0. The second-order valence-electron chi connectivity index (χ2n) is 4.60. The van der Waals surface area contributed by atoms with Crippen LogP contribution in [0.3, 0.4) is 0 Å². The van der Waals surface area contributed by atoms with E-state index in [-0.39, 0.29) is 13.0 Å². The molecule has 1 aromatic rings. The SMILES string of the molecule is O=[N+]([O-])c1ccc(O[C@H]2CCNC[C@@H]2F)c(C(F)(F)F)c1. The van der Waals surface area contributed by atoms with Gasteiger partial charge in [-0.1, -0.05) is 0 Å². The first-order chi connectivity index (χ1) is 9.79. The van der Waals surface area contributed by atoms with Crippen molar-refractivity contribution in [2.75, 3.05) is 13.1 Å². The normalized spacial score (nSPS) is 22.9. The number of nitrogens with one attached hydrogen (secondary N) is 1. The van der Waals surface area contributed by atoms with Crippen molar-refractivity contribution >= 4 is 5.69 Å². The van der Waals surface area contributed by atoms with Gasteiger partial charge in [0.25, 0.3) is 5.69 Å². The third-order valence-electron chi connectivity index (χ3n) is 3.11. The summed E-state index contributed by atoms with van der Waals surface area (Å²) in [5.41, 5.74) is -1.97. The fourth-order valence-electron chi connectivity index (χ4n) is 2.05. The first-order valence-corrected chi connectivity index (χ1v) is 6.16. The van der Waals surface area contributed by atoms with Crippen LogP contribution in [0, 0.1) is 10.1 Å². The van der Waals surface area contributed by atoms with Gasteiger partial charge in [-0.15, -0.1) is 0 Å². The van der Waals surface area contributed by atoms with Crippen molar-refractivity contribution in [2.24, 2.45) is 0 Å². The number of ether oxygens (including phenoxy) is 1. The molecule has 1 aromatic carbocycles. The summed E-state index contributed by atoms with van der Waals surface area (Å²) < 4.78 is 57.5. The molecule has 0 aromatic heterocycles. The molecular weight excluding hydrogens is 296 g/mol. The zero-order chi connectivity index (χ0) is 15.6. The van der Waals surface area contributed by atoms with Gasteiger partial charge in [0.05, 0.1) is 4.92 Å². The van der Waals surface area contributed by atoms with E-state index >= 15 is 0 Å². The molecule has 0 radical (unpaired) electrons. The molecule has 21 heavy (non-hydrogen) atoms. The van der Waals surface area contributed by atoms with Crippen molar-refractivity contribution in [3.63, 3.8) is 0 Å². The molecule has 0 unspecified atom stereocenters. The summed E-state index contributed by atoms with van der Waals surface area (Å²) in [6.45, 7) is 0.429. The number of alkyl halides is 4. The average molecular weight is 308 g/mol. The van der Waals surface area contributed by atoms with E-state index in [9.17, 15) is 27.7 Å². The molecule has 1 N–H and O–H groups in total. The molecule has 1 fully saturated rings. The van der Waals surface area contributed by atoms with Gasteiger partial charge in [0.15, 0.2) is 0 Å². The zero-order valence-electron chi connectivity index (χ0n) is 10.7. The van der Waals surface area contributed by atoms with E-state index in [1.54, 1.807) is 0 Å². The Bertz CT molecular complexity index is 536. The molecule has 0 saturated carbocycles. The maximum Gasteiger partial charge on any atom is 0.420 e. The van der Waals surface area contributed by atoms with Crippen LogP contribution in [0.4, 0.5) is 23.2 Å². The standard InChI is InChI=1S/C12H12F4N2O3/c13-9-6-17-4-3-11(9)21-10-2-1-7(18(19)20)5-8(10)12(14,15)16/h1-2,5,9,11,17H,3-4,6H2/t9-,11-/m0/s1. The zero-order valence-corrected chi connectivity index (χ0v) is 10.7. The first kappa shape index (κ1) is 15.5. The number of nitrogens with zero attached hydrogens (tertiary/aromatic N) is 1. The quantitative estimate of drug-likeness (QED) is 0.530.